The van der Waals surface area contributed by atoms with Gasteiger partial charge in [-0.3, -0.25) is 9.69 Å². The Morgan fingerprint density at radius 1 is 1.07 bits per heavy atom. The summed E-state index contributed by atoms with van der Waals surface area (Å²) in [4.78, 5) is 26.6. The van der Waals surface area contributed by atoms with Gasteiger partial charge in [0.05, 0.1) is 25.4 Å². The Morgan fingerprint density at radius 2 is 1.86 bits per heavy atom. The summed E-state index contributed by atoms with van der Waals surface area (Å²) in [6, 6.07) is 15.4. The van der Waals surface area contributed by atoms with Crippen LogP contribution in [0.2, 0.25) is 0 Å². The van der Waals surface area contributed by atoms with E-state index in [2.05, 4.69) is 36.3 Å². The van der Waals surface area contributed by atoms with Crippen LogP contribution in [0.3, 0.4) is 0 Å². The molecule has 2 aromatic carbocycles. The van der Waals surface area contributed by atoms with Crippen LogP contribution in [0.15, 0.2) is 48.5 Å². The monoisotopic (exact) mass is 579 g/mol. The second-order valence-corrected chi connectivity index (χ2v) is 13.2. The number of carbonyl (C=O) groups excluding carboxylic acids is 2. The number of aliphatic hydroxyl groups excluding tert-OH is 1. The number of esters is 1. The maximum Gasteiger partial charge on any atom is 0.325 e. The fourth-order valence-electron chi connectivity index (χ4n) is 7.39. The Kier molecular flexibility index (Phi) is 9.23. The van der Waals surface area contributed by atoms with Gasteiger partial charge in [-0.2, -0.15) is 0 Å². The van der Waals surface area contributed by atoms with Crippen LogP contribution in [0, 0.1) is 10.8 Å². The van der Waals surface area contributed by atoms with Crippen molar-refractivity contribution in [3.8, 4) is 0 Å². The van der Waals surface area contributed by atoms with E-state index in [4.69, 9.17) is 14.2 Å². The van der Waals surface area contributed by atoms with Crippen molar-refractivity contribution in [3.63, 3.8) is 0 Å². The first-order valence-electron chi connectivity index (χ1n) is 15.1. The van der Waals surface area contributed by atoms with Crippen molar-refractivity contribution in [2.75, 3.05) is 31.6 Å². The smallest absolute Gasteiger partial charge is 0.325 e. The lowest BCUT2D eigenvalue weighted by molar-refractivity contribution is -0.253. The summed E-state index contributed by atoms with van der Waals surface area (Å²) in [5.41, 5.74) is 3.96. The van der Waals surface area contributed by atoms with E-state index in [9.17, 15) is 14.7 Å². The Balaban J connectivity index is 1.32. The quantitative estimate of drug-likeness (QED) is 0.346. The van der Waals surface area contributed by atoms with Gasteiger partial charge in [-0.25, -0.2) is 4.79 Å². The van der Waals surface area contributed by atoms with Gasteiger partial charge in [0.2, 0.25) is 0 Å². The summed E-state index contributed by atoms with van der Waals surface area (Å²) in [6.45, 7) is 10.9. The molecule has 0 aromatic heterocycles. The fraction of sp³-hybridized carbons (Fsp3) is 0.576. The standard InChI is InChI=1S/C33H45N3O6/c1-5-40-29(38)17-34-31(39)35-25-8-6-7-24(13-25)30-41-27(14-28(42-30)23-11-9-22(19-37)10-12-23)18-36-21-33(4)16-26(36)15-32(2,3)20-33/h6-13,26-28,30,37H,5,14-21H2,1-4H3,(H2,34,35,39)/t26?,27-,28+,30+,33?/m0/s1. The van der Waals surface area contributed by atoms with Crippen molar-refractivity contribution in [2.24, 2.45) is 10.8 Å². The van der Waals surface area contributed by atoms with Crippen LogP contribution in [0.1, 0.15) is 82.5 Å². The lowest BCUT2D eigenvalue weighted by atomic mass is 9.65. The molecule has 2 bridgehead atoms. The molecule has 2 amide bonds. The normalized spacial score (nSPS) is 28.7. The first-order chi connectivity index (χ1) is 20.0. The van der Waals surface area contributed by atoms with Crippen molar-refractivity contribution in [1.29, 1.82) is 0 Å². The first kappa shape index (κ1) is 30.5. The van der Waals surface area contributed by atoms with Crippen LogP contribution in [-0.4, -0.2) is 60.4 Å². The minimum Gasteiger partial charge on any atom is -0.465 e. The summed E-state index contributed by atoms with van der Waals surface area (Å²) in [7, 11) is 0. The maximum absolute atomic E-state index is 12.4. The van der Waals surface area contributed by atoms with Gasteiger partial charge in [0.25, 0.3) is 0 Å². The lowest BCUT2D eigenvalue weighted by Gasteiger charge is -2.41. The van der Waals surface area contributed by atoms with E-state index in [0.29, 0.717) is 22.6 Å². The molecular formula is C33H45N3O6. The number of carbonyl (C=O) groups is 2. The van der Waals surface area contributed by atoms with Crippen LogP contribution in [0.5, 0.6) is 0 Å². The molecule has 1 saturated carbocycles. The second kappa shape index (κ2) is 12.7. The molecule has 5 atom stereocenters. The average Bonchev–Trinajstić information content (AvgIpc) is 3.19. The van der Waals surface area contributed by atoms with Gasteiger partial charge < -0.3 is 30.0 Å². The largest absolute Gasteiger partial charge is 0.465 e. The third-order valence-corrected chi connectivity index (χ3v) is 8.69. The van der Waals surface area contributed by atoms with Crippen molar-refractivity contribution in [1.82, 2.24) is 10.2 Å². The van der Waals surface area contributed by atoms with Gasteiger partial charge in [0, 0.05) is 36.8 Å². The van der Waals surface area contributed by atoms with Gasteiger partial charge >= 0.3 is 12.0 Å². The lowest BCUT2D eigenvalue weighted by Crippen LogP contribution is -2.42. The zero-order chi connectivity index (χ0) is 29.9. The molecule has 2 aliphatic heterocycles. The van der Waals surface area contributed by atoms with Gasteiger partial charge in [-0.05, 0) is 60.3 Å². The van der Waals surface area contributed by atoms with E-state index in [1.807, 2.05) is 42.5 Å². The molecule has 228 valence electrons. The number of hydrogen-bond donors (Lipinski definition) is 3. The molecule has 2 heterocycles. The van der Waals surface area contributed by atoms with Gasteiger partial charge in [0.1, 0.15) is 6.54 Å². The zero-order valence-corrected chi connectivity index (χ0v) is 25.2. The molecule has 3 fully saturated rings. The molecule has 42 heavy (non-hydrogen) atoms. The number of fused-ring (bicyclic) bond motifs is 2. The molecule has 0 spiro atoms. The molecule has 2 saturated heterocycles. The van der Waals surface area contributed by atoms with Gasteiger partial charge in [-0.1, -0.05) is 57.2 Å². The Hall–Kier alpha value is -2.98. The molecule has 3 N–H and O–H groups in total. The Morgan fingerprint density at radius 3 is 2.60 bits per heavy atom. The number of urea groups is 1. The molecule has 9 heteroatoms. The highest BCUT2D eigenvalue weighted by Crippen LogP contribution is 2.53. The molecule has 0 radical (unpaired) electrons. The predicted molar refractivity (Wildman–Crippen MR) is 160 cm³/mol. The maximum atomic E-state index is 12.4. The number of hydrogen-bond acceptors (Lipinski definition) is 7. The molecule has 2 unspecified atom stereocenters. The molecule has 9 nitrogen and oxygen atoms in total. The summed E-state index contributed by atoms with van der Waals surface area (Å²) in [6.07, 6.45) is 3.57. The minimum atomic E-state index is -0.621. The number of benzene rings is 2. The van der Waals surface area contributed by atoms with E-state index in [1.165, 1.54) is 19.3 Å². The van der Waals surface area contributed by atoms with Crippen LogP contribution in [-0.2, 0) is 25.6 Å². The van der Waals surface area contributed by atoms with Gasteiger partial charge in [-0.15, -0.1) is 0 Å². The van der Waals surface area contributed by atoms with Crippen LogP contribution in [0.4, 0.5) is 10.5 Å². The predicted octanol–water partition coefficient (Wildman–Crippen LogP) is 5.31. The number of anilines is 1. The topological polar surface area (TPSA) is 109 Å². The fourth-order valence-corrected chi connectivity index (χ4v) is 7.39. The van der Waals surface area contributed by atoms with E-state index >= 15 is 0 Å². The third-order valence-electron chi connectivity index (χ3n) is 8.69. The minimum absolute atomic E-state index is 0.00120. The van der Waals surface area contributed by atoms with Crippen molar-refractivity contribution in [2.45, 2.75) is 84.5 Å². The number of amides is 2. The Labute approximate surface area is 248 Å². The summed E-state index contributed by atoms with van der Waals surface area (Å²) >= 11 is 0. The van der Waals surface area contributed by atoms with Crippen molar-refractivity contribution in [3.05, 3.63) is 65.2 Å². The molecule has 3 aliphatic rings. The number of rotatable bonds is 9. The molecule has 2 aromatic rings. The summed E-state index contributed by atoms with van der Waals surface area (Å²) < 4.78 is 18.0. The molecular weight excluding hydrogens is 534 g/mol. The number of aliphatic hydroxyl groups is 1. The highest BCUT2D eigenvalue weighted by atomic mass is 16.7. The van der Waals surface area contributed by atoms with Crippen LogP contribution < -0.4 is 10.6 Å². The molecule has 1 aliphatic carbocycles. The zero-order valence-electron chi connectivity index (χ0n) is 25.2. The SMILES string of the molecule is CCOC(=O)CNC(=O)Nc1cccc([C@@H]2O[C@H](CN3CC4(C)CC3CC(C)(C)C4)C[C@H](c3ccc(CO)cc3)O2)c1. The van der Waals surface area contributed by atoms with Crippen molar-refractivity contribution >= 4 is 17.7 Å². The Bertz CT molecular complexity index is 1250. The highest BCUT2D eigenvalue weighted by molar-refractivity contribution is 5.91. The van der Waals surface area contributed by atoms with Crippen molar-refractivity contribution < 1.29 is 28.9 Å². The third kappa shape index (κ3) is 7.50. The van der Waals surface area contributed by atoms with Crippen LogP contribution in [0.25, 0.3) is 0 Å². The molecule has 5 rings (SSSR count). The number of nitrogens with zero attached hydrogens (tertiary/aromatic N) is 1. The summed E-state index contributed by atoms with van der Waals surface area (Å²) in [5.74, 6) is -0.492. The van der Waals surface area contributed by atoms with E-state index in [-0.39, 0.29) is 32.0 Å². The van der Waals surface area contributed by atoms with Gasteiger partial charge in [0.15, 0.2) is 6.29 Å². The number of ether oxygens (including phenoxy) is 3. The second-order valence-electron chi connectivity index (χ2n) is 13.2. The highest BCUT2D eigenvalue weighted by Gasteiger charge is 2.50. The van der Waals surface area contributed by atoms with E-state index in [1.54, 1.807) is 13.0 Å². The van der Waals surface area contributed by atoms with Crippen LogP contribution >= 0.6 is 0 Å². The first-order valence-corrected chi connectivity index (χ1v) is 15.1. The number of nitrogens with one attached hydrogen (secondary N) is 2. The van der Waals surface area contributed by atoms with E-state index < -0.39 is 18.3 Å². The number of likely N-dealkylation sites (tertiary alicyclic amines) is 1. The average molecular weight is 580 g/mol. The van der Waals surface area contributed by atoms with E-state index in [0.717, 1.165) is 36.2 Å². The summed E-state index contributed by atoms with van der Waals surface area (Å²) in [5, 5.41) is 14.8.